The molecule has 166 valence electrons. The number of carbonyl (C=O) groups is 3. The Hall–Kier alpha value is -4.02. The van der Waals surface area contributed by atoms with Gasteiger partial charge in [-0.3, -0.25) is 9.59 Å². The van der Waals surface area contributed by atoms with Crippen LogP contribution in [0.1, 0.15) is 40.3 Å². The van der Waals surface area contributed by atoms with Gasteiger partial charge in [0, 0.05) is 5.56 Å². The molecule has 1 atom stereocenters. The smallest absolute Gasteiger partial charge is 0.418 e. The van der Waals surface area contributed by atoms with Gasteiger partial charge >= 0.3 is 12.1 Å². The highest BCUT2D eigenvalue weighted by Gasteiger charge is 2.34. The summed E-state index contributed by atoms with van der Waals surface area (Å²) in [7, 11) is 0. The van der Waals surface area contributed by atoms with E-state index in [1.165, 1.54) is 44.2 Å². The maximum Gasteiger partial charge on any atom is 0.418 e. The zero-order valence-electron chi connectivity index (χ0n) is 16.9. The number of hydrogen-bond acceptors (Lipinski definition) is 6. The highest BCUT2D eigenvalue weighted by molar-refractivity contribution is 6.05. The molecule has 0 saturated carbocycles. The normalized spacial score (nSPS) is 12.2. The Balaban J connectivity index is 1.72. The summed E-state index contributed by atoms with van der Waals surface area (Å²) in [5, 5.41) is 9.60. The van der Waals surface area contributed by atoms with E-state index in [1.807, 2.05) is 0 Å². The minimum atomic E-state index is -4.63. The lowest BCUT2D eigenvalue weighted by atomic mass is 10.1. The van der Waals surface area contributed by atoms with E-state index < -0.39 is 29.7 Å². The van der Waals surface area contributed by atoms with Gasteiger partial charge in [-0.15, -0.1) is 5.10 Å². The molecule has 1 amide bonds. The number of anilines is 1. The number of benzene rings is 2. The van der Waals surface area contributed by atoms with Crippen LogP contribution in [0.2, 0.25) is 0 Å². The molecule has 32 heavy (non-hydrogen) atoms. The number of aromatic nitrogens is 3. The summed E-state index contributed by atoms with van der Waals surface area (Å²) < 4.78 is 45.4. The van der Waals surface area contributed by atoms with Crippen LogP contribution < -0.4 is 5.32 Å². The Morgan fingerprint density at radius 3 is 2.41 bits per heavy atom. The van der Waals surface area contributed by atoms with Crippen LogP contribution in [-0.4, -0.2) is 38.8 Å². The molecule has 1 unspecified atom stereocenters. The number of esters is 1. The molecule has 11 heteroatoms. The number of nitrogens with one attached hydrogen (secondary N) is 1. The van der Waals surface area contributed by atoms with Crippen molar-refractivity contribution < 1.29 is 32.3 Å². The summed E-state index contributed by atoms with van der Waals surface area (Å²) in [6.45, 7) is 2.64. The van der Waals surface area contributed by atoms with Crippen LogP contribution in [0.25, 0.3) is 5.69 Å². The van der Waals surface area contributed by atoms with Gasteiger partial charge in [0.25, 0.3) is 5.91 Å². The lowest BCUT2D eigenvalue weighted by Gasteiger charge is -2.14. The fourth-order valence-corrected chi connectivity index (χ4v) is 2.80. The lowest BCUT2D eigenvalue weighted by Crippen LogP contribution is -2.30. The molecular weight excluding hydrogens is 429 g/mol. The van der Waals surface area contributed by atoms with Crippen molar-refractivity contribution in [3.05, 3.63) is 71.5 Å². The van der Waals surface area contributed by atoms with Gasteiger partial charge < -0.3 is 10.1 Å². The number of ketones is 1. The monoisotopic (exact) mass is 446 g/mol. The van der Waals surface area contributed by atoms with Gasteiger partial charge in [-0.05, 0) is 38.1 Å². The minimum Gasteiger partial charge on any atom is -0.448 e. The minimum absolute atomic E-state index is 0.252. The van der Waals surface area contributed by atoms with Gasteiger partial charge in [0.2, 0.25) is 0 Å². The molecule has 0 saturated heterocycles. The van der Waals surface area contributed by atoms with Crippen molar-refractivity contribution in [1.82, 2.24) is 15.0 Å². The van der Waals surface area contributed by atoms with Gasteiger partial charge in [0.05, 0.1) is 23.1 Å². The summed E-state index contributed by atoms with van der Waals surface area (Å²) >= 11 is 0. The number of rotatable bonds is 6. The summed E-state index contributed by atoms with van der Waals surface area (Å²) in [5.41, 5.74) is -1.13. The van der Waals surface area contributed by atoms with Crippen LogP contribution in [0.3, 0.4) is 0 Å². The van der Waals surface area contributed by atoms with Crippen LogP contribution in [0.15, 0.2) is 54.7 Å². The number of Topliss-reactive ketones (excluding diaryl/α,β-unsaturated/α-hetero) is 1. The molecule has 3 aromatic rings. The van der Waals surface area contributed by atoms with Gasteiger partial charge in [0.1, 0.15) is 0 Å². The second-order valence-electron chi connectivity index (χ2n) is 6.70. The Kier molecular flexibility index (Phi) is 6.37. The lowest BCUT2D eigenvalue weighted by molar-refractivity contribution is -0.137. The third kappa shape index (κ3) is 4.99. The Morgan fingerprint density at radius 1 is 1.06 bits per heavy atom. The molecule has 1 N–H and O–H groups in total. The van der Waals surface area contributed by atoms with E-state index >= 15 is 0 Å². The summed E-state index contributed by atoms with van der Waals surface area (Å²) in [6, 6.07) is 11.0. The van der Waals surface area contributed by atoms with Gasteiger partial charge in [-0.25, -0.2) is 9.48 Å². The largest absolute Gasteiger partial charge is 0.448 e. The maximum atomic E-state index is 13.2. The number of halogens is 3. The number of amides is 1. The van der Waals surface area contributed by atoms with Crippen molar-refractivity contribution >= 4 is 23.3 Å². The molecule has 2 aromatic carbocycles. The predicted molar refractivity (Wildman–Crippen MR) is 106 cm³/mol. The van der Waals surface area contributed by atoms with E-state index in [4.69, 9.17) is 4.74 Å². The van der Waals surface area contributed by atoms with Crippen LogP contribution in [-0.2, 0) is 15.7 Å². The number of hydrogen-bond donors (Lipinski definition) is 1. The molecule has 0 spiro atoms. The first-order chi connectivity index (χ1) is 15.1. The molecule has 0 aliphatic heterocycles. The van der Waals surface area contributed by atoms with Crippen molar-refractivity contribution in [2.75, 3.05) is 5.32 Å². The molecule has 3 rings (SSSR count). The first kappa shape index (κ1) is 22.7. The van der Waals surface area contributed by atoms with E-state index in [0.29, 0.717) is 0 Å². The van der Waals surface area contributed by atoms with Crippen molar-refractivity contribution in [3.8, 4) is 5.69 Å². The summed E-state index contributed by atoms with van der Waals surface area (Å²) in [4.78, 5) is 36.4. The fourth-order valence-electron chi connectivity index (χ4n) is 2.80. The third-order valence-corrected chi connectivity index (χ3v) is 4.38. The van der Waals surface area contributed by atoms with Crippen molar-refractivity contribution in [3.63, 3.8) is 0 Å². The first-order valence-electron chi connectivity index (χ1n) is 9.28. The summed E-state index contributed by atoms with van der Waals surface area (Å²) in [6.07, 6.45) is -4.94. The topological polar surface area (TPSA) is 103 Å². The first-order valence-corrected chi connectivity index (χ1v) is 9.28. The molecule has 0 aliphatic rings. The second kappa shape index (κ2) is 9.00. The quantitative estimate of drug-likeness (QED) is 0.458. The average Bonchev–Trinajstić information content (AvgIpc) is 3.23. The van der Waals surface area contributed by atoms with Crippen LogP contribution in [0.4, 0.5) is 18.9 Å². The van der Waals surface area contributed by atoms with Crippen molar-refractivity contribution in [2.24, 2.45) is 0 Å². The van der Waals surface area contributed by atoms with Gasteiger partial charge in [0.15, 0.2) is 17.6 Å². The number of nitrogens with zero attached hydrogens (tertiary/aromatic N) is 3. The molecule has 0 radical (unpaired) electrons. The molecular formula is C21H17F3N4O4. The van der Waals surface area contributed by atoms with Crippen molar-refractivity contribution in [2.45, 2.75) is 26.1 Å². The van der Waals surface area contributed by atoms with Crippen LogP contribution >= 0.6 is 0 Å². The van der Waals surface area contributed by atoms with E-state index in [1.54, 1.807) is 12.1 Å². The Bertz CT molecular complexity index is 1170. The SMILES string of the molecule is CC(=O)c1ccccc1NC(=O)C(C)OC(=O)c1cn(-c2ccccc2C(F)(F)F)nn1. The van der Waals surface area contributed by atoms with Crippen molar-refractivity contribution in [1.29, 1.82) is 0 Å². The standard InChI is InChI=1S/C21H17F3N4O4/c1-12(29)14-7-3-5-9-16(14)25-19(30)13(2)32-20(31)17-11-28(27-26-17)18-10-6-4-8-15(18)21(22,23)24/h3-11,13H,1-2H3,(H,25,30). The number of alkyl halides is 3. The van der Waals surface area contributed by atoms with Crippen LogP contribution in [0.5, 0.6) is 0 Å². The number of para-hydroxylation sites is 2. The van der Waals surface area contributed by atoms with E-state index in [-0.39, 0.29) is 28.4 Å². The van der Waals surface area contributed by atoms with E-state index in [0.717, 1.165) is 16.9 Å². The molecule has 0 aliphatic carbocycles. The van der Waals surface area contributed by atoms with Gasteiger partial charge in [-0.2, -0.15) is 13.2 Å². The Morgan fingerprint density at radius 2 is 1.72 bits per heavy atom. The molecule has 8 nitrogen and oxygen atoms in total. The highest BCUT2D eigenvalue weighted by Crippen LogP contribution is 2.33. The molecule has 0 bridgehead atoms. The highest BCUT2D eigenvalue weighted by atomic mass is 19.4. The average molecular weight is 446 g/mol. The zero-order chi connectivity index (χ0) is 23.5. The zero-order valence-corrected chi connectivity index (χ0v) is 16.9. The number of carbonyl (C=O) groups excluding carboxylic acids is 3. The summed E-state index contributed by atoms with van der Waals surface area (Å²) in [5.74, 6) is -2.02. The second-order valence-corrected chi connectivity index (χ2v) is 6.70. The Labute approximate surface area is 180 Å². The molecule has 0 fully saturated rings. The maximum absolute atomic E-state index is 13.2. The molecule has 1 heterocycles. The van der Waals surface area contributed by atoms with Gasteiger partial charge in [-0.1, -0.05) is 29.5 Å². The molecule has 1 aromatic heterocycles. The number of ether oxygens (including phenoxy) is 1. The van der Waals surface area contributed by atoms with Crippen LogP contribution in [0, 0.1) is 0 Å². The fraction of sp³-hybridized carbons (Fsp3) is 0.190. The predicted octanol–water partition coefficient (Wildman–Crippen LogP) is 3.67. The van der Waals surface area contributed by atoms with E-state index in [2.05, 4.69) is 15.6 Å². The van der Waals surface area contributed by atoms with E-state index in [9.17, 15) is 27.6 Å². The third-order valence-electron chi connectivity index (χ3n) is 4.38.